The number of carbonyl (C=O) groups is 2. The molecule has 0 atom stereocenters. The third-order valence-corrected chi connectivity index (χ3v) is 3.86. The van der Waals surface area contributed by atoms with Gasteiger partial charge in [0.1, 0.15) is 0 Å². The van der Waals surface area contributed by atoms with Crippen molar-refractivity contribution in [1.82, 2.24) is 5.43 Å². The Morgan fingerprint density at radius 3 is 2.44 bits per heavy atom. The van der Waals surface area contributed by atoms with Crippen LogP contribution in [0, 0.1) is 0 Å². The Kier molecular flexibility index (Phi) is 5.06. The van der Waals surface area contributed by atoms with Gasteiger partial charge >= 0.3 is 11.8 Å². The molecular formula is C19H14ClN3O2. The molecule has 0 fully saturated rings. The molecule has 25 heavy (non-hydrogen) atoms. The van der Waals surface area contributed by atoms with E-state index < -0.39 is 11.8 Å². The monoisotopic (exact) mass is 351 g/mol. The Hall–Kier alpha value is -3.18. The molecule has 0 aliphatic heterocycles. The van der Waals surface area contributed by atoms with Crippen molar-refractivity contribution >= 4 is 46.1 Å². The van der Waals surface area contributed by atoms with E-state index in [4.69, 9.17) is 11.6 Å². The molecule has 0 saturated heterocycles. The van der Waals surface area contributed by atoms with Crippen LogP contribution >= 0.6 is 11.6 Å². The lowest BCUT2D eigenvalue weighted by Gasteiger charge is -2.07. The number of rotatable bonds is 3. The molecule has 2 amide bonds. The zero-order valence-electron chi connectivity index (χ0n) is 13.1. The van der Waals surface area contributed by atoms with E-state index in [2.05, 4.69) is 15.8 Å². The molecule has 3 rings (SSSR count). The molecule has 3 aromatic carbocycles. The maximum Gasteiger partial charge on any atom is 0.329 e. The second-order valence-electron chi connectivity index (χ2n) is 5.20. The first-order valence-electron chi connectivity index (χ1n) is 7.52. The van der Waals surface area contributed by atoms with E-state index in [1.165, 1.54) is 6.21 Å². The van der Waals surface area contributed by atoms with E-state index >= 15 is 0 Å². The molecule has 6 heteroatoms. The number of carbonyl (C=O) groups excluding carboxylic acids is 2. The Balaban J connectivity index is 1.67. The highest BCUT2D eigenvalue weighted by atomic mass is 35.5. The van der Waals surface area contributed by atoms with Crippen molar-refractivity contribution in [2.45, 2.75) is 0 Å². The number of halogens is 1. The summed E-state index contributed by atoms with van der Waals surface area (Å²) in [5.74, 6) is -1.66. The zero-order chi connectivity index (χ0) is 17.6. The van der Waals surface area contributed by atoms with Crippen molar-refractivity contribution in [3.63, 3.8) is 0 Å². The average molecular weight is 352 g/mol. The van der Waals surface area contributed by atoms with Crippen LogP contribution in [-0.4, -0.2) is 18.0 Å². The Bertz CT molecular complexity index is 964. The van der Waals surface area contributed by atoms with E-state index in [0.717, 1.165) is 10.8 Å². The topological polar surface area (TPSA) is 70.6 Å². The predicted molar refractivity (Wildman–Crippen MR) is 99.8 cm³/mol. The number of nitrogens with zero attached hydrogens (tertiary/aromatic N) is 1. The van der Waals surface area contributed by atoms with E-state index in [1.807, 2.05) is 36.4 Å². The number of fused-ring (bicyclic) bond motifs is 1. The molecule has 0 spiro atoms. The van der Waals surface area contributed by atoms with Gasteiger partial charge in [0, 0.05) is 21.7 Å². The molecule has 3 aromatic rings. The third kappa shape index (κ3) is 4.02. The first-order valence-corrected chi connectivity index (χ1v) is 7.89. The van der Waals surface area contributed by atoms with Crippen LogP contribution in [0.5, 0.6) is 0 Å². The second-order valence-corrected chi connectivity index (χ2v) is 5.61. The van der Waals surface area contributed by atoms with Gasteiger partial charge in [0.2, 0.25) is 0 Å². The molecule has 0 aromatic heterocycles. The average Bonchev–Trinajstić information content (AvgIpc) is 2.63. The number of nitrogens with one attached hydrogen (secondary N) is 2. The summed E-state index contributed by atoms with van der Waals surface area (Å²) < 4.78 is 0. The van der Waals surface area contributed by atoms with Crippen LogP contribution in [0.3, 0.4) is 0 Å². The highest BCUT2D eigenvalue weighted by Crippen LogP contribution is 2.22. The van der Waals surface area contributed by atoms with Crippen LogP contribution in [0.15, 0.2) is 71.8 Å². The van der Waals surface area contributed by atoms with Crippen LogP contribution in [0.1, 0.15) is 5.56 Å². The van der Waals surface area contributed by atoms with E-state index in [-0.39, 0.29) is 0 Å². The lowest BCUT2D eigenvalue weighted by atomic mass is 10.1. The number of hydrogen-bond donors (Lipinski definition) is 2. The first-order chi connectivity index (χ1) is 12.1. The first kappa shape index (κ1) is 16.7. The Morgan fingerprint density at radius 1 is 0.880 bits per heavy atom. The minimum atomic E-state index is -0.865. The summed E-state index contributed by atoms with van der Waals surface area (Å²) in [6, 6.07) is 20.1. The number of anilines is 1. The molecule has 0 saturated carbocycles. The van der Waals surface area contributed by atoms with Crippen molar-refractivity contribution in [3.8, 4) is 0 Å². The van der Waals surface area contributed by atoms with Gasteiger partial charge in [0.25, 0.3) is 0 Å². The van der Waals surface area contributed by atoms with Gasteiger partial charge in [-0.2, -0.15) is 5.10 Å². The minimum absolute atomic E-state index is 0.501. The van der Waals surface area contributed by atoms with E-state index in [1.54, 1.807) is 30.3 Å². The summed E-state index contributed by atoms with van der Waals surface area (Å²) in [5, 5.41) is 8.67. The molecule has 0 aliphatic rings. The fourth-order valence-corrected chi connectivity index (χ4v) is 2.49. The minimum Gasteiger partial charge on any atom is -0.317 e. The van der Waals surface area contributed by atoms with Crippen molar-refractivity contribution in [2.24, 2.45) is 5.10 Å². The smallest absolute Gasteiger partial charge is 0.317 e. The maximum absolute atomic E-state index is 12.0. The van der Waals surface area contributed by atoms with Crippen LogP contribution in [0.25, 0.3) is 10.8 Å². The van der Waals surface area contributed by atoms with Crippen molar-refractivity contribution in [2.75, 3.05) is 5.32 Å². The molecule has 5 nitrogen and oxygen atoms in total. The van der Waals surface area contributed by atoms with Crippen LogP contribution in [-0.2, 0) is 9.59 Å². The van der Waals surface area contributed by atoms with Gasteiger partial charge < -0.3 is 5.32 Å². The summed E-state index contributed by atoms with van der Waals surface area (Å²) in [5.41, 5.74) is 3.39. The summed E-state index contributed by atoms with van der Waals surface area (Å²) >= 11 is 5.98. The quantitative estimate of drug-likeness (QED) is 0.430. The highest BCUT2D eigenvalue weighted by molar-refractivity contribution is 6.40. The van der Waals surface area contributed by atoms with Gasteiger partial charge in [0.05, 0.1) is 6.21 Å². The largest absolute Gasteiger partial charge is 0.329 e. The third-order valence-electron chi connectivity index (χ3n) is 3.52. The second kappa shape index (κ2) is 7.59. The lowest BCUT2D eigenvalue weighted by molar-refractivity contribution is -0.136. The Morgan fingerprint density at radius 2 is 1.60 bits per heavy atom. The number of hydrogen-bond acceptors (Lipinski definition) is 3. The lowest BCUT2D eigenvalue weighted by Crippen LogP contribution is -2.32. The van der Waals surface area contributed by atoms with Gasteiger partial charge in [-0.15, -0.1) is 0 Å². The molecule has 0 radical (unpaired) electrons. The summed E-state index contributed by atoms with van der Waals surface area (Å²) in [6.07, 6.45) is 1.38. The van der Waals surface area contributed by atoms with Gasteiger partial charge in [-0.3, -0.25) is 9.59 Å². The zero-order valence-corrected chi connectivity index (χ0v) is 13.8. The maximum atomic E-state index is 12.0. The summed E-state index contributed by atoms with van der Waals surface area (Å²) in [7, 11) is 0. The normalized spacial score (nSPS) is 10.8. The molecule has 0 unspecified atom stereocenters. The fraction of sp³-hybridized carbons (Fsp3) is 0. The molecule has 2 N–H and O–H groups in total. The molecule has 124 valence electrons. The summed E-state index contributed by atoms with van der Waals surface area (Å²) in [6.45, 7) is 0. The van der Waals surface area contributed by atoms with Gasteiger partial charge in [-0.1, -0.05) is 66.2 Å². The van der Waals surface area contributed by atoms with Crippen molar-refractivity contribution in [3.05, 3.63) is 77.3 Å². The van der Waals surface area contributed by atoms with Gasteiger partial charge in [-0.25, -0.2) is 5.43 Å². The molecule has 0 heterocycles. The number of benzene rings is 3. The number of amides is 2. The SMILES string of the molecule is O=C(N/N=C\c1ccccc1Cl)C(=O)Nc1cccc2ccccc12. The van der Waals surface area contributed by atoms with E-state index in [0.29, 0.717) is 16.3 Å². The fourth-order valence-electron chi connectivity index (χ4n) is 2.30. The summed E-state index contributed by atoms with van der Waals surface area (Å²) in [4.78, 5) is 23.9. The van der Waals surface area contributed by atoms with Gasteiger partial charge in [0.15, 0.2) is 0 Å². The molecule has 0 aliphatic carbocycles. The molecule has 0 bridgehead atoms. The van der Waals surface area contributed by atoms with Crippen molar-refractivity contribution < 1.29 is 9.59 Å². The van der Waals surface area contributed by atoms with Crippen LogP contribution < -0.4 is 10.7 Å². The van der Waals surface area contributed by atoms with Crippen molar-refractivity contribution in [1.29, 1.82) is 0 Å². The molecular weight excluding hydrogens is 338 g/mol. The van der Waals surface area contributed by atoms with E-state index in [9.17, 15) is 9.59 Å². The standard InChI is InChI=1S/C19H14ClN3O2/c20-16-10-4-2-7-14(16)12-21-23-19(25)18(24)22-17-11-5-8-13-6-1-3-9-15(13)17/h1-12H,(H,22,24)(H,23,25)/b21-12-. The Labute approximate surface area is 149 Å². The highest BCUT2D eigenvalue weighted by Gasteiger charge is 2.14. The van der Waals surface area contributed by atoms with Crippen LogP contribution in [0.2, 0.25) is 5.02 Å². The predicted octanol–water partition coefficient (Wildman–Crippen LogP) is 3.58. The van der Waals surface area contributed by atoms with Gasteiger partial charge in [-0.05, 0) is 17.5 Å². The number of hydrazone groups is 1. The van der Waals surface area contributed by atoms with Crippen LogP contribution in [0.4, 0.5) is 5.69 Å².